The molecule has 1 heterocycles. The highest BCUT2D eigenvalue weighted by atomic mass is 32.2. The summed E-state index contributed by atoms with van der Waals surface area (Å²) in [6.07, 6.45) is 1.29. The second-order valence-corrected chi connectivity index (χ2v) is 9.39. The van der Waals surface area contributed by atoms with Crippen LogP contribution in [0.25, 0.3) is 0 Å². The lowest BCUT2D eigenvalue weighted by Crippen LogP contribution is -2.34. The quantitative estimate of drug-likeness (QED) is 0.616. The highest BCUT2D eigenvalue weighted by Crippen LogP contribution is 2.33. The molecule has 1 aliphatic heterocycles. The topological polar surface area (TPSA) is 90.3 Å². The number of nitrogens with one attached hydrogen (secondary N) is 1. The lowest BCUT2D eigenvalue weighted by atomic mass is 9.96. The summed E-state index contributed by atoms with van der Waals surface area (Å²) in [4.78, 5) is 13.9. The van der Waals surface area contributed by atoms with Crippen LogP contribution in [0.3, 0.4) is 0 Å². The van der Waals surface area contributed by atoms with Crippen molar-refractivity contribution >= 4 is 27.2 Å². The molecule has 1 N–H and O–H groups in total. The maximum Gasteiger partial charge on any atom is 0.261 e. The van der Waals surface area contributed by atoms with E-state index in [9.17, 15) is 18.5 Å². The van der Waals surface area contributed by atoms with Crippen LogP contribution >= 0.6 is 0 Å². The predicted molar refractivity (Wildman–Crippen MR) is 124 cm³/mol. The molecular weight excluding hydrogens is 422 g/mol. The molecule has 0 saturated carbocycles. The number of nitriles is 1. The summed E-state index contributed by atoms with van der Waals surface area (Å²) < 4.78 is 28.7. The standard InChI is InChI=1S/C25H23N3O3S/c26-18-23-22(17-19-7-3-1-4-8-19)24(27-32(30,31)21-9-5-2-6-10-21)11-12-25(23)28-15-13-20(29)14-16-28/h1-12,27H,13-17H2. The number of benzene rings is 3. The van der Waals surface area contributed by atoms with Crippen LogP contribution in [0.5, 0.6) is 0 Å². The third-order valence-electron chi connectivity index (χ3n) is 5.59. The Hall–Kier alpha value is -3.63. The number of sulfonamides is 1. The SMILES string of the molecule is N#Cc1c(N2CCC(=O)CC2)ccc(NS(=O)(=O)c2ccccc2)c1Cc1ccccc1. The Morgan fingerprint density at radius 2 is 1.53 bits per heavy atom. The Balaban J connectivity index is 1.78. The first-order valence-corrected chi connectivity index (χ1v) is 11.9. The van der Waals surface area contributed by atoms with Crippen molar-refractivity contribution in [1.29, 1.82) is 5.26 Å². The molecule has 4 rings (SSSR count). The Morgan fingerprint density at radius 1 is 0.906 bits per heavy atom. The van der Waals surface area contributed by atoms with Gasteiger partial charge in [0.15, 0.2) is 0 Å². The van der Waals surface area contributed by atoms with Crippen molar-refractivity contribution in [2.75, 3.05) is 22.7 Å². The molecule has 3 aromatic rings. The van der Waals surface area contributed by atoms with Gasteiger partial charge in [0, 0.05) is 37.9 Å². The van der Waals surface area contributed by atoms with E-state index < -0.39 is 10.0 Å². The number of hydrogen-bond donors (Lipinski definition) is 1. The highest BCUT2D eigenvalue weighted by molar-refractivity contribution is 7.92. The summed E-state index contributed by atoms with van der Waals surface area (Å²) in [5, 5.41) is 10.1. The molecule has 0 atom stereocenters. The first-order valence-electron chi connectivity index (χ1n) is 10.4. The molecular formula is C25H23N3O3S. The Morgan fingerprint density at radius 3 is 2.16 bits per heavy atom. The van der Waals surface area contributed by atoms with Crippen molar-refractivity contribution in [3.63, 3.8) is 0 Å². The van der Waals surface area contributed by atoms with Crippen LogP contribution in [0.15, 0.2) is 77.7 Å². The molecule has 3 aromatic carbocycles. The van der Waals surface area contributed by atoms with Gasteiger partial charge in [0.1, 0.15) is 11.9 Å². The van der Waals surface area contributed by atoms with Crippen LogP contribution in [-0.2, 0) is 21.2 Å². The van der Waals surface area contributed by atoms with Crippen molar-refractivity contribution in [2.45, 2.75) is 24.2 Å². The molecule has 0 radical (unpaired) electrons. The number of Topliss-reactive ketones (excluding diaryl/α,β-unsaturated/α-hetero) is 1. The number of hydrogen-bond acceptors (Lipinski definition) is 5. The Kier molecular flexibility index (Phi) is 6.24. The van der Waals surface area contributed by atoms with Gasteiger partial charge in [-0.05, 0) is 29.8 Å². The van der Waals surface area contributed by atoms with E-state index in [1.54, 1.807) is 30.3 Å². The van der Waals surface area contributed by atoms with E-state index in [1.165, 1.54) is 12.1 Å². The van der Waals surface area contributed by atoms with Gasteiger partial charge < -0.3 is 4.90 Å². The van der Waals surface area contributed by atoms with Gasteiger partial charge in [-0.1, -0.05) is 48.5 Å². The van der Waals surface area contributed by atoms with Gasteiger partial charge in [-0.25, -0.2) is 8.42 Å². The largest absolute Gasteiger partial charge is 0.370 e. The van der Waals surface area contributed by atoms with Crippen LogP contribution in [0.4, 0.5) is 11.4 Å². The monoisotopic (exact) mass is 445 g/mol. The van der Waals surface area contributed by atoms with Gasteiger partial charge in [0.05, 0.1) is 21.8 Å². The fourth-order valence-corrected chi connectivity index (χ4v) is 5.02. The molecule has 0 aromatic heterocycles. The van der Waals surface area contributed by atoms with Crippen molar-refractivity contribution in [3.8, 4) is 6.07 Å². The smallest absolute Gasteiger partial charge is 0.261 e. The first kappa shape index (κ1) is 21.6. The normalized spacial score (nSPS) is 14.1. The van der Waals surface area contributed by atoms with Gasteiger partial charge in [-0.2, -0.15) is 5.26 Å². The molecule has 32 heavy (non-hydrogen) atoms. The molecule has 0 aliphatic carbocycles. The van der Waals surface area contributed by atoms with Crippen molar-refractivity contribution in [1.82, 2.24) is 0 Å². The maximum atomic E-state index is 13.0. The van der Waals surface area contributed by atoms with E-state index >= 15 is 0 Å². The third-order valence-corrected chi connectivity index (χ3v) is 6.97. The number of nitrogens with zero attached hydrogens (tertiary/aromatic N) is 2. The van der Waals surface area contributed by atoms with Crippen LogP contribution in [0.1, 0.15) is 29.5 Å². The minimum atomic E-state index is -3.82. The van der Waals surface area contributed by atoms with Crippen molar-refractivity contribution < 1.29 is 13.2 Å². The second-order valence-electron chi connectivity index (χ2n) is 7.70. The van der Waals surface area contributed by atoms with Gasteiger partial charge in [0.2, 0.25) is 0 Å². The summed E-state index contributed by atoms with van der Waals surface area (Å²) in [5.41, 5.74) is 3.12. The van der Waals surface area contributed by atoms with Crippen LogP contribution in [-0.4, -0.2) is 27.3 Å². The molecule has 0 bridgehead atoms. The van der Waals surface area contributed by atoms with E-state index in [0.717, 1.165) is 11.3 Å². The number of carbonyl (C=O) groups is 1. The van der Waals surface area contributed by atoms with Gasteiger partial charge in [0.25, 0.3) is 10.0 Å². The van der Waals surface area contributed by atoms with E-state index in [2.05, 4.69) is 10.8 Å². The Bertz CT molecular complexity index is 1260. The fraction of sp³-hybridized carbons (Fsp3) is 0.200. The van der Waals surface area contributed by atoms with Crippen LogP contribution in [0, 0.1) is 11.3 Å². The average Bonchev–Trinajstić information content (AvgIpc) is 2.82. The van der Waals surface area contributed by atoms with E-state index in [4.69, 9.17) is 0 Å². The number of piperidine rings is 1. The minimum absolute atomic E-state index is 0.155. The zero-order valence-corrected chi connectivity index (χ0v) is 18.3. The molecule has 1 aliphatic rings. The van der Waals surface area contributed by atoms with E-state index in [-0.39, 0.29) is 10.7 Å². The lowest BCUT2D eigenvalue weighted by Gasteiger charge is -2.30. The summed E-state index contributed by atoms with van der Waals surface area (Å²) >= 11 is 0. The molecule has 162 valence electrons. The van der Waals surface area contributed by atoms with Gasteiger partial charge >= 0.3 is 0 Å². The first-order chi connectivity index (χ1) is 15.5. The molecule has 0 amide bonds. The average molecular weight is 446 g/mol. The summed E-state index contributed by atoms with van der Waals surface area (Å²) in [5.74, 6) is 0.219. The molecule has 0 spiro atoms. The number of anilines is 2. The molecule has 0 unspecified atom stereocenters. The molecule has 7 heteroatoms. The zero-order chi connectivity index (χ0) is 22.6. The Labute approximate surface area is 188 Å². The lowest BCUT2D eigenvalue weighted by molar-refractivity contribution is -0.119. The third kappa shape index (κ3) is 4.66. The summed E-state index contributed by atoms with van der Waals surface area (Å²) in [7, 11) is -3.82. The summed E-state index contributed by atoms with van der Waals surface area (Å²) in [6, 6.07) is 23.6. The van der Waals surface area contributed by atoms with Crippen LogP contribution < -0.4 is 9.62 Å². The van der Waals surface area contributed by atoms with Gasteiger partial charge in [-0.15, -0.1) is 0 Å². The molecule has 6 nitrogen and oxygen atoms in total. The van der Waals surface area contributed by atoms with Crippen LogP contribution in [0.2, 0.25) is 0 Å². The molecule has 1 fully saturated rings. The second kappa shape index (κ2) is 9.25. The number of ketones is 1. The van der Waals surface area contributed by atoms with E-state index in [1.807, 2.05) is 35.2 Å². The minimum Gasteiger partial charge on any atom is -0.370 e. The number of rotatable bonds is 6. The van der Waals surface area contributed by atoms with Gasteiger partial charge in [-0.3, -0.25) is 9.52 Å². The fourth-order valence-electron chi connectivity index (χ4n) is 3.90. The highest BCUT2D eigenvalue weighted by Gasteiger charge is 2.24. The number of carbonyl (C=O) groups excluding carboxylic acids is 1. The zero-order valence-electron chi connectivity index (χ0n) is 17.5. The van der Waals surface area contributed by atoms with Crippen molar-refractivity contribution in [2.24, 2.45) is 0 Å². The van der Waals surface area contributed by atoms with E-state index in [0.29, 0.717) is 49.2 Å². The predicted octanol–water partition coefficient (Wildman–Crippen LogP) is 4.12. The van der Waals surface area contributed by atoms with Crippen molar-refractivity contribution in [3.05, 3.63) is 89.5 Å². The maximum absolute atomic E-state index is 13.0. The summed E-state index contributed by atoms with van der Waals surface area (Å²) in [6.45, 7) is 1.10. The molecule has 1 saturated heterocycles.